The van der Waals surface area contributed by atoms with Crippen LogP contribution in [0.2, 0.25) is 0 Å². The molecule has 1 aromatic heterocycles. The maximum absolute atomic E-state index is 12.1. The SMILES string of the molecule is Cc1nn(C)c(C)c1/C=C/C(=O)Nc1ccc2c(c1)NC(=O)CO2. The molecule has 0 aliphatic carbocycles. The Balaban J connectivity index is 1.72. The molecule has 1 aliphatic heterocycles. The lowest BCUT2D eigenvalue weighted by Crippen LogP contribution is -2.25. The summed E-state index contributed by atoms with van der Waals surface area (Å²) < 4.78 is 7.06. The topological polar surface area (TPSA) is 85.3 Å². The molecule has 0 saturated carbocycles. The zero-order valence-electron chi connectivity index (χ0n) is 13.7. The predicted molar refractivity (Wildman–Crippen MR) is 90.9 cm³/mol. The zero-order chi connectivity index (χ0) is 17.3. The summed E-state index contributed by atoms with van der Waals surface area (Å²) in [4.78, 5) is 23.4. The molecule has 0 radical (unpaired) electrons. The average Bonchev–Trinajstić information content (AvgIpc) is 2.77. The van der Waals surface area contributed by atoms with E-state index in [0.29, 0.717) is 17.1 Å². The third-order valence-electron chi connectivity index (χ3n) is 3.85. The van der Waals surface area contributed by atoms with Crippen LogP contribution in [0.4, 0.5) is 11.4 Å². The first kappa shape index (κ1) is 15.8. The summed E-state index contributed by atoms with van der Waals surface area (Å²) in [7, 11) is 1.86. The number of carbonyl (C=O) groups is 2. The van der Waals surface area contributed by atoms with Crippen LogP contribution in [0, 0.1) is 13.8 Å². The van der Waals surface area contributed by atoms with Gasteiger partial charge in [0.15, 0.2) is 6.61 Å². The third kappa shape index (κ3) is 3.15. The molecule has 0 bridgehead atoms. The van der Waals surface area contributed by atoms with Gasteiger partial charge in [0.05, 0.1) is 11.4 Å². The van der Waals surface area contributed by atoms with Gasteiger partial charge in [-0.1, -0.05) is 0 Å². The predicted octanol–water partition coefficient (Wildman–Crippen LogP) is 2.02. The fraction of sp³-hybridized carbons (Fsp3) is 0.235. The van der Waals surface area contributed by atoms with Crippen LogP contribution in [0.3, 0.4) is 0 Å². The second-order valence-corrected chi connectivity index (χ2v) is 5.58. The van der Waals surface area contributed by atoms with Crippen LogP contribution in [0.25, 0.3) is 6.08 Å². The van der Waals surface area contributed by atoms with E-state index < -0.39 is 0 Å². The molecule has 2 N–H and O–H groups in total. The molecule has 7 nitrogen and oxygen atoms in total. The van der Waals surface area contributed by atoms with Gasteiger partial charge in [-0.05, 0) is 38.1 Å². The van der Waals surface area contributed by atoms with Crippen molar-refractivity contribution >= 4 is 29.3 Å². The van der Waals surface area contributed by atoms with Gasteiger partial charge in [0.1, 0.15) is 5.75 Å². The van der Waals surface area contributed by atoms with E-state index in [4.69, 9.17) is 4.74 Å². The molecule has 0 fully saturated rings. The first-order valence-corrected chi connectivity index (χ1v) is 7.50. The number of hydrogen-bond acceptors (Lipinski definition) is 4. The smallest absolute Gasteiger partial charge is 0.262 e. The Bertz CT molecular complexity index is 852. The highest BCUT2D eigenvalue weighted by molar-refractivity contribution is 6.03. The van der Waals surface area contributed by atoms with Crippen LogP contribution in [0.5, 0.6) is 5.75 Å². The molecule has 0 atom stereocenters. The molecule has 24 heavy (non-hydrogen) atoms. The number of nitrogens with zero attached hydrogens (tertiary/aromatic N) is 2. The quantitative estimate of drug-likeness (QED) is 0.845. The summed E-state index contributed by atoms with van der Waals surface area (Å²) in [6.45, 7) is 3.85. The number of rotatable bonds is 3. The van der Waals surface area contributed by atoms with Gasteiger partial charge in [-0.25, -0.2) is 0 Å². The van der Waals surface area contributed by atoms with Crippen LogP contribution in [0.1, 0.15) is 17.0 Å². The summed E-state index contributed by atoms with van der Waals surface area (Å²) >= 11 is 0. The summed E-state index contributed by atoms with van der Waals surface area (Å²) in [5, 5.41) is 9.78. The molecule has 2 aromatic rings. The summed E-state index contributed by atoms with van der Waals surface area (Å²) in [5.74, 6) is 0.110. The standard InChI is InChI=1S/C17H18N4O3/c1-10-13(11(2)21(3)20-10)5-7-16(22)18-12-4-6-15-14(8-12)19-17(23)9-24-15/h4-8H,9H2,1-3H3,(H,18,22)(H,19,23)/b7-5+. The van der Waals surface area contributed by atoms with Crippen molar-refractivity contribution in [3.8, 4) is 5.75 Å². The minimum atomic E-state index is -0.263. The Labute approximate surface area is 139 Å². The van der Waals surface area contributed by atoms with Crippen molar-refractivity contribution in [2.45, 2.75) is 13.8 Å². The van der Waals surface area contributed by atoms with Crippen LogP contribution in [-0.4, -0.2) is 28.2 Å². The average molecular weight is 326 g/mol. The van der Waals surface area contributed by atoms with E-state index >= 15 is 0 Å². The van der Waals surface area contributed by atoms with E-state index in [0.717, 1.165) is 17.0 Å². The molecule has 124 valence electrons. The van der Waals surface area contributed by atoms with Crippen molar-refractivity contribution in [2.75, 3.05) is 17.2 Å². The number of amides is 2. The van der Waals surface area contributed by atoms with Crippen molar-refractivity contribution in [3.63, 3.8) is 0 Å². The molecule has 7 heteroatoms. The first-order valence-electron chi connectivity index (χ1n) is 7.50. The fourth-order valence-electron chi connectivity index (χ4n) is 2.54. The van der Waals surface area contributed by atoms with Crippen LogP contribution >= 0.6 is 0 Å². The molecular weight excluding hydrogens is 308 g/mol. The molecule has 2 amide bonds. The molecule has 1 aromatic carbocycles. The fourth-order valence-corrected chi connectivity index (χ4v) is 2.54. The van der Waals surface area contributed by atoms with Crippen LogP contribution in [0.15, 0.2) is 24.3 Å². The maximum atomic E-state index is 12.1. The van der Waals surface area contributed by atoms with Crippen LogP contribution in [-0.2, 0) is 16.6 Å². The zero-order valence-corrected chi connectivity index (χ0v) is 13.7. The Morgan fingerprint density at radius 3 is 2.92 bits per heavy atom. The Hall–Kier alpha value is -3.09. The van der Waals surface area contributed by atoms with Crippen molar-refractivity contribution in [1.82, 2.24) is 9.78 Å². The van der Waals surface area contributed by atoms with E-state index in [1.807, 2.05) is 20.9 Å². The highest BCUT2D eigenvalue weighted by Crippen LogP contribution is 2.30. The Morgan fingerprint density at radius 2 is 2.21 bits per heavy atom. The number of carbonyl (C=O) groups excluding carboxylic acids is 2. The second kappa shape index (κ2) is 6.19. The van der Waals surface area contributed by atoms with Gasteiger partial charge in [0, 0.05) is 30.1 Å². The summed E-state index contributed by atoms with van der Waals surface area (Å²) in [6.07, 6.45) is 3.21. The third-order valence-corrected chi connectivity index (χ3v) is 3.85. The van der Waals surface area contributed by atoms with Crippen molar-refractivity contribution in [1.29, 1.82) is 0 Å². The Kier molecular flexibility index (Phi) is 4.07. The monoisotopic (exact) mass is 326 g/mol. The number of nitrogens with one attached hydrogen (secondary N) is 2. The second-order valence-electron chi connectivity index (χ2n) is 5.58. The number of benzene rings is 1. The first-order chi connectivity index (χ1) is 11.4. The summed E-state index contributed by atoms with van der Waals surface area (Å²) in [6, 6.07) is 5.10. The van der Waals surface area contributed by atoms with E-state index in [9.17, 15) is 9.59 Å². The van der Waals surface area contributed by atoms with Crippen molar-refractivity contribution in [2.24, 2.45) is 7.05 Å². The van der Waals surface area contributed by atoms with E-state index in [-0.39, 0.29) is 18.4 Å². The van der Waals surface area contributed by atoms with Crippen molar-refractivity contribution in [3.05, 3.63) is 41.2 Å². The number of aryl methyl sites for hydroxylation is 2. The molecule has 0 spiro atoms. The number of fused-ring (bicyclic) bond motifs is 1. The molecule has 0 unspecified atom stereocenters. The van der Waals surface area contributed by atoms with Gasteiger partial charge < -0.3 is 15.4 Å². The minimum Gasteiger partial charge on any atom is -0.482 e. The van der Waals surface area contributed by atoms with E-state index in [1.165, 1.54) is 6.08 Å². The molecular formula is C17H18N4O3. The lowest BCUT2D eigenvalue weighted by atomic mass is 10.2. The highest BCUT2D eigenvalue weighted by Gasteiger charge is 2.16. The van der Waals surface area contributed by atoms with Gasteiger partial charge in [-0.2, -0.15) is 5.10 Å². The van der Waals surface area contributed by atoms with E-state index in [1.54, 1.807) is 29.0 Å². The minimum absolute atomic E-state index is 0.00522. The number of anilines is 2. The lowest BCUT2D eigenvalue weighted by Gasteiger charge is -2.18. The van der Waals surface area contributed by atoms with Gasteiger partial charge in [-0.15, -0.1) is 0 Å². The Morgan fingerprint density at radius 1 is 1.42 bits per heavy atom. The van der Waals surface area contributed by atoms with Crippen LogP contribution < -0.4 is 15.4 Å². The molecule has 3 rings (SSSR count). The van der Waals surface area contributed by atoms with Gasteiger partial charge in [0.2, 0.25) is 5.91 Å². The number of aromatic nitrogens is 2. The van der Waals surface area contributed by atoms with Gasteiger partial charge >= 0.3 is 0 Å². The highest BCUT2D eigenvalue weighted by atomic mass is 16.5. The number of ether oxygens (including phenoxy) is 1. The maximum Gasteiger partial charge on any atom is 0.262 e. The molecule has 1 aliphatic rings. The largest absolute Gasteiger partial charge is 0.482 e. The molecule has 0 saturated heterocycles. The molecule has 2 heterocycles. The van der Waals surface area contributed by atoms with Gasteiger partial charge in [0.25, 0.3) is 5.91 Å². The van der Waals surface area contributed by atoms with E-state index in [2.05, 4.69) is 15.7 Å². The lowest BCUT2D eigenvalue weighted by molar-refractivity contribution is -0.118. The summed E-state index contributed by atoms with van der Waals surface area (Å²) in [5.41, 5.74) is 3.91. The van der Waals surface area contributed by atoms with Gasteiger partial charge in [-0.3, -0.25) is 14.3 Å². The van der Waals surface area contributed by atoms with Crippen molar-refractivity contribution < 1.29 is 14.3 Å². The number of hydrogen-bond donors (Lipinski definition) is 2. The normalized spacial score (nSPS) is 13.4.